The maximum Gasteiger partial charge on any atom is 0.338 e. The van der Waals surface area contributed by atoms with Crippen molar-refractivity contribution < 1.29 is 14.3 Å². The lowest BCUT2D eigenvalue weighted by Gasteiger charge is -2.24. The number of halogens is 3. The van der Waals surface area contributed by atoms with Crippen LogP contribution in [-0.2, 0) is 11.3 Å². The second-order valence-electron chi connectivity index (χ2n) is 6.40. The Morgan fingerprint density at radius 1 is 0.867 bits per heavy atom. The minimum atomic E-state index is -0.419. The maximum atomic E-state index is 13.3. The summed E-state index contributed by atoms with van der Waals surface area (Å²) in [6.45, 7) is 2.24. The monoisotopic (exact) mass is 461 g/mol. The van der Waals surface area contributed by atoms with Gasteiger partial charge in [-0.15, -0.1) is 0 Å². The number of carbonyl (C=O) groups excluding carboxylic acids is 2. The molecule has 4 nitrogen and oxygen atoms in total. The van der Waals surface area contributed by atoms with E-state index in [0.717, 1.165) is 5.56 Å². The zero-order valence-corrected chi connectivity index (χ0v) is 18.3. The molecule has 30 heavy (non-hydrogen) atoms. The summed E-state index contributed by atoms with van der Waals surface area (Å²) in [5, 5.41) is 1.42. The summed E-state index contributed by atoms with van der Waals surface area (Å²) in [6, 6.07) is 18.5. The lowest BCUT2D eigenvalue weighted by atomic mass is 10.1. The molecule has 154 valence electrons. The first kappa shape index (κ1) is 22.2. The number of hydrogen-bond acceptors (Lipinski definition) is 3. The molecule has 0 aromatic heterocycles. The molecule has 0 radical (unpaired) electrons. The van der Waals surface area contributed by atoms with Crippen molar-refractivity contribution in [3.8, 4) is 0 Å². The van der Waals surface area contributed by atoms with Crippen LogP contribution in [0.3, 0.4) is 0 Å². The van der Waals surface area contributed by atoms with Gasteiger partial charge in [0, 0.05) is 26.3 Å². The lowest BCUT2D eigenvalue weighted by molar-refractivity contribution is 0.0526. The summed E-state index contributed by atoms with van der Waals surface area (Å²) in [7, 11) is 0. The van der Waals surface area contributed by atoms with E-state index in [0.29, 0.717) is 31.9 Å². The first-order chi connectivity index (χ1) is 14.4. The van der Waals surface area contributed by atoms with E-state index in [1.807, 2.05) is 0 Å². The van der Waals surface area contributed by atoms with E-state index < -0.39 is 5.97 Å². The van der Waals surface area contributed by atoms with Gasteiger partial charge in [-0.1, -0.05) is 46.9 Å². The highest BCUT2D eigenvalue weighted by molar-refractivity contribution is 6.35. The number of anilines is 1. The zero-order valence-electron chi connectivity index (χ0n) is 16.1. The number of ether oxygens (including phenoxy) is 1. The van der Waals surface area contributed by atoms with Gasteiger partial charge in [0.15, 0.2) is 0 Å². The molecule has 7 heteroatoms. The standard InChI is InChI=1S/C23H18Cl3NO3/c1-2-30-23(29)15-7-10-20(11-8-15)27(14-17-6-9-19(25)13-21(17)26)22(28)16-4-3-5-18(24)12-16/h3-13H,2,14H2,1H3. The minimum absolute atomic E-state index is 0.208. The molecule has 0 N–H and O–H groups in total. The average Bonchev–Trinajstić information content (AvgIpc) is 2.73. The van der Waals surface area contributed by atoms with Crippen LogP contribution >= 0.6 is 34.8 Å². The summed E-state index contributed by atoms with van der Waals surface area (Å²) < 4.78 is 5.02. The van der Waals surface area contributed by atoms with Crippen molar-refractivity contribution in [2.75, 3.05) is 11.5 Å². The molecule has 0 heterocycles. The van der Waals surface area contributed by atoms with Gasteiger partial charge in [-0.05, 0) is 67.1 Å². The Hall–Kier alpha value is -2.53. The van der Waals surface area contributed by atoms with E-state index in [2.05, 4.69) is 0 Å². The summed E-state index contributed by atoms with van der Waals surface area (Å²) in [4.78, 5) is 26.8. The molecule has 0 fully saturated rings. The van der Waals surface area contributed by atoms with E-state index in [9.17, 15) is 9.59 Å². The number of amides is 1. The average molecular weight is 463 g/mol. The van der Waals surface area contributed by atoms with Crippen molar-refractivity contribution in [2.24, 2.45) is 0 Å². The Balaban J connectivity index is 1.98. The molecule has 0 aliphatic carbocycles. The smallest absolute Gasteiger partial charge is 0.338 e. The van der Waals surface area contributed by atoms with Crippen LogP contribution < -0.4 is 4.90 Å². The number of benzene rings is 3. The molecule has 0 aliphatic rings. The molecule has 3 rings (SSSR count). The molecule has 0 saturated heterocycles. The van der Waals surface area contributed by atoms with Gasteiger partial charge in [0.1, 0.15) is 0 Å². The fraction of sp³-hybridized carbons (Fsp3) is 0.130. The van der Waals surface area contributed by atoms with Crippen molar-refractivity contribution in [1.29, 1.82) is 0 Å². The highest BCUT2D eigenvalue weighted by Crippen LogP contribution is 2.27. The van der Waals surface area contributed by atoms with E-state index in [1.165, 1.54) is 0 Å². The van der Waals surface area contributed by atoms with Gasteiger partial charge in [-0.2, -0.15) is 0 Å². The van der Waals surface area contributed by atoms with E-state index in [-0.39, 0.29) is 19.1 Å². The summed E-state index contributed by atoms with van der Waals surface area (Å²) in [5.74, 6) is -0.676. The first-order valence-corrected chi connectivity index (χ1v) is 10.3. The Kier molecular flexibility index (Phi) is 7.38. The summed E-state index contributed by atoms with van der Waals surface area (Å²) in [6.07, 6.45) is 0. The zero-order chi connectivity index (χ0) is 21.7. The van der Waals surface area contributed by atoms with Crippen LogP contribution in [0.4, 0.5) is 5.69 Å². The number of hydrogen-bond donors (Lipinski definition) is 0. The highest BCUT2D eigenvalue weighted by Gasteiger charge is 2.20. The molecule has 0 saturated carbocycles. The first-order valence-electron chi connectivity index (χ1n) is 9.17. The molecule has 0 unspecified atom stereocenters. The third-order valence-corrected chi connectivity index (χ3v) is 5.17. The quantitative estimate of drug-likeness (QED) is 0.384. The Morgan fingerprint density at radius 3 is 2.20 bits per heavy atom. The maximum absolute atomic E-state index is 13.3. The SMILES string of the molecule is CCOC(=O)c1ccc(N(Cc2ccc(Cl)cc2Cl)C(=O)c2cccc(Cl)c2)cc1. The Labute approximate surface area is 189 Å². The number of rotatable bonds is 6. The van der Waals surface area contributed by atoms with Crippen LogP contribution in [-0.4, -0.2) is 18.5 Å². The third-order valence-electron chi connectivity index (χ3n) is 4.35. The van der Waals surface area contributed by atoms with Crippen molar-refractivity contribution in [3.05, 3.63) is 98.5 Å². The van der Waals surface area contributed by atoms with Gasteiger partial charge in [-0.25, -0.2) is 4.79 Å². The summed E-state index contributed by atoms with van der Waals surface area (Å²) in [5.41, 5.74) is 2.16. The van der Waals surface area contributed by atoms with Crippen LogP contribution in [0.5, 0.6) is 0 Å². The molecule has 0 atom stereocenters. The molecule has 1 amide bonds. The number of esters is 1. The molecule has 0 spiro atoms. The van der Waals surface area contributed by atoms with E-state index >= 15 is 0 Å². The second kappa shape index (κ2) is 9.98. The van der Waals surface area contributed by atoms with Gasteiger partial charge in [0.2, 0.25) is 0 Å². The molecule has 0 aliphatic heterocycles. The molecular weight excluding hydrogens is 445 g/mol. The summed E-state index contributed by atoms with van der Waals surface area (Å²) >= 11 is 18.4. The molecule has 0 bridgehead atoms. The predicted octanol–water partition coefficient (Wildman–Crippen LogP) is 6.67. The van der Waals surface area contributed by atoms with Gasteiger partial charge in [0.25, 0.3) is 5.91 Å². The largest absolute Gasteiger partial charge is 0.462 e. The Bertz CT molecular complexity index is 1070. The third kappa shape index (κ3) is 5.33. The minimum Gasteiger partial charge on any atom is -0.462 e. The van der Waals surface area contributed by atoms with Crippen LogP contribution in [0.15, 0.2) is 66.7 Å². The van der Waals surface area contributed by atoms with Gasteiger partial charge in [-0.3, -0.25) is 4.79 Å². The van der Waals surface area contributed by atoms with Crippen LogP contribution in [0, 0.1) is 0 Å². The highest BCUT2D eigenvalue weighted by atomic mass is 35.5. The normalized spacial score (nSPS) is 10.5. The fourth-order valence-corrected chi connectivity index (χ4v) is 3.53. The van der Waals surface area contributed by atoms with E-state index in [4.69, 9.17) is 39.5 Å². The van der Waals surface area contributed by atoms with Crippen molar-refractivity contribution >= 4 is 52.4 Å². The van der Waals surface area contributed by atoms with Crippen molar-refractivity contribution in [3.63, 3.8) is 0 Å². The van der Waals surface area contributed by atoms with Gasteiger partial charge < -0.3 is 9.64 Å². The molecule has 3 aromatic carbocycles. The van der Waals surface area contributed by atoms with Gasteiger partial charge in [0.05, 0.1) is 18.7 Å². The second-order valence-corrected chi connectivity index (χ2v) is 7.68. The number of nitrogens with zero attached hydrogens (tertiary/aromatic N) is 1. The predicted molar refractivity (Wildman–Crippen MR) is 121 cm³/mol. The van der Waals surface area contributed by atoms with Crippen LogP contribution in [0.1, 0.15) is 33.2 Å². The fourth-order valence-electron chi connectivity index (χ4n) is 2.87. The number of carbonyl (C=O) groups is 2. The Morgan fingerprint density at radius 2 is 1.57 bits per heavy atom. The topological polar surface area (TPSA) is 46.6 Å². The molecular formula is C23H18Cl3NO3. The van der Waals surface area contributed by atoms with Crippen molar-refractivity contribution in [1.82, 2.24) is 0 Å². The van der Waals surface area contributed by atoms with Crippen LogP contribution in [0.25, 0.3) is 0 Å². The van der Waals surface area contributed by atoms with Crippen molar-refractivity contribution in [2.45, 2.75) is 13.5 Å². The van der Waals surface area contributed by atoms with E-state index in [1.54, 1.807) is 78.6 Å². The molecule has 3 aromatic rings. The van der Waals surface area contributed by atoms with Crippen LogP contribution in [0.2, 0.25) is 15.1 Å². The lowest BCUT2D eigenvalue weighted by Crippen LogP contribution is -2.30. The van der Waals surface area contributed by atoms with Gasteiger partial charge >= 0.3 is 5.97 Å².